The minimum atomic E-state index is 0.380. The van der Waals surface area contributed by atoms with Crippen LogP contribution in [0.4, 0.5) is 0 Å². The van der Waals surface area contributed by atoms with Crippen LogP contribution in [0.1, 0.15) is 55.6 Å². The molecule has 0 fully saturated rings. The summed E-state index contributed by atoms with van der Waals surface area (Å²) in [5, 5.41) is 0. The van der Waals surface area contributed by atoms with Crippen molar-refractivity contribution in [2.24, 2.45) is 0 Å². The summed E-state index contributed by atoms with van der Waals surface area (Å²) in [5.41, 5.74) is 3.46. The Morgan fingerprint density at radius 3 is 1.38 bits per heavy atom. The molecular weight excluding hydrogens is 394 g/mol. The number of hydrogen-bond acceptors (Lipinski definition) is 5. The molecule has 3 aromatic heterocycles. The first kappa shape index (κ1) is 24.0. The first-order valence-electron chi connectivity index (χ1n) is 11.7. The Bertz CT molecular complexity index is 840. The van der Waals surface area contributed by atoms with E-state index in [9.17, 15) is 0 Å². The third kappa shape index (κ3) is 7.50. The van der Waals surface area contributed by atoms with Gasteiger partial charge in [-0.1, -0.05) is 39.0 Å². The lowest BCUT2D eigenvalue weighted by Gasteiger charge is -2.30. The Kier molecular flexibility index (Phi) is 9.32. The molecule has 3 unspecified atom stereocenters. The molecule has 5 heteroatoms. The molecule has 0 aliphatic carbocycles. The van der Waals surface area contributed by atoms with Gasteiger partial charge in [-0.2, -0.15) is 0 Å². The fraction of sp³-hybridized carbons (Fsp3) is 0.444. The van der Waals surface area contributed by atoms with Crippen molar-refractivity contribution < 1.29 is 0 Å². The van der Waals surface area contributed by atoms with Gasteiger partial charge < -0.3 is 9.80 Å². The molecule has 0 aromatic carbocycles. The Morgan fingerprint density at radius 1 is 0.594 bits per heavy atom. The summed E-state index contributed by atoms with van der Waals surface area (Å²) in [4.78, 5) is 18.7. The van der Waals surface area contributed by atoms with Gasteiger partial charge in [0.05, 0.1) is 0 Å². The van der Waals surface area contributed by atoms with Crippen LogP contribution in [-0.4, -0.2) is 64.5 Å². The van der Waals surface area contributed by atoms with E-state index in [1.54, 1.807) is 0 Å². The molecule has 0 spiro atoms. The van der Waals surface area contributed by atoms with Crippen LogP contribution in [0.5, 0.6) is 0 Å². The highest BCUT2D eigenvalue weighted by Crippen LogP contribution is 2.19. The lowest BCUT2D eigenvalue weighted by Crippen LogP contribution is -2.38. The van der Waals surface area contributed by atoms with Crippen LogP contribution < -0.4 is 0 Å². The third-order valence-electron chi connectivity index (χ3n) is 6.03. The molecule has 32 heavy (non-hydrogen) atoms. The molecule has 0 aliphatic rings. The van der Waals surface area contributed by atoms with Crippen LogP contribution in [0.25, 0.3) is 0 Å². The quantitative estimate of drug-likeness (QED) is 0.411. The second-order valence-corrected chi connectivity index (χ2v) is 8.99. The molecule has 0 radical (unpaired) electrons. The fourth-order valence-electron chi connectivity index (χ4n) is 4.19. The topological polar surface area (TPSA) is 45.2 Å². The predicted octanol–water partition coefficient (Wildman–Crippen LogP) is 4.82. The lowest BCUT2D eigenvalue weighted by atomic mass is 10.0. The van der Waals surface area contributed by atoms with E-state index in [-0.39, 0.29) is 0 Å². The molecule has 170 valence electrons. The zero-order valence-corrected chi connectivity index (χ0v) is 19.9. The summed E-state index contributed by atoms with van der Waals surface area (Å²) in [6, 6.07) is 18.5. The predicted molar refractivity (Wildman–Crippen MR) is 132 cm³/mol. The second kappa shape index (κ2) is 12.4. The zero-order chi connectivity index (χ0) is 22.8. The Morgan fingerprint density at radius 2 is 1.00 bits per heavy atom. The third-order valence-corrected chi connectivity index (χ3v) is 6.03. The molecule has 3 rings (SSSR count). The fourth-order valence-corrected chi connectivity index (χ4v) is 4.19. The van der Waals surface area contributed by atoms with E-state index in [1.807, 2.05) is 36.8 Å². The summed E-state index contributed by atoms with van der Waals surface area (Å²) < 4.78 is 0. The van der Waals surface area contributed by atoms with E-state index < -0.39 is 0 Å². The lowest BCUT2D eigenvalue weighted by molar-refractivity contribution is 0.204. The summed E-state index contributed by atoms with van der Waals surface area (Å²) in [6.45, 7) is 11.8. The minimum Gasteiger partial charge on any atom is -0.304 e. The Balaban J connectivity index is 1.60. The summed E-state index contributed by atoms with van der Waals surface area (Å²) in [6.07, 6.45) is 5.66. The van der Waals surface area contributed by atoms with E-state index in [1.165, 1.54) is 0 Å². The van der Waals surface area contributed by atoms with Crippen LogP contribution in [0, 0.1) is 0 Å². The van der Waals surface area contributed by atoms with Gasteiger partial charge in [-0.25, -0.2) is 0 Å². The number of likely N-dealkylation sites (N-methyl/N-ethyl adjacent to an activating group) is 1. The second-order valence-electron chi connectivity index (χ2n) is 8.99. The van der Waals surface area contributed by atoms with Crippen molar-refractivity contribution in [1.29, 1.82) is 0 Å². The maximum Gasteiger partial charge on any atom is 0.0444 e. The van der Waals surface area contributed by atoms with Gasteiger partial charge in [0.15, 0.2) is 0 Å². The van der Waals surface area contributed by atoms with Crippen molar-refractivity contribution in [2.45, 2.75) is 38.5 Å². The first-order chi connectivity index (χ1) is 15.5. The van der Waals surface area contributed by atoms with Gasteiger partial charge in [0.25, 0.3) is 0 Å². The smallest absolute Gasteiger partial charge is 0.0444 e. The van der Waals surface area contributed by atoms with Crippen LogP contribution in [0.15, 0.2) is 73.2 Å². The molecule has 0 saturated heterocycles. The van der Waals surface area contributed by atoms with Crippen molar-refractivity contribution >= 4 is 0 Å². The average molecular weight is 432 g/mol. The van der Waals surface area contributed by atoms with Gasteiger partial charge in [-0.05, 0) is 43.4 Å². The van der Waals surface area contributed by atoms with Crippen LogP contribution in [0.2, 0.25) is 0 Å². The average Bonchev–Trinajstić information content (AvgIpc) is 2.84. The monoisotopic (exact) mass is 431 g/mol. The molecule has 0 aliphatic heterocycles. The van der Waals surface area contributed by atoms with Gasteiger partial charge in [0.2, 0.25) is 0 Å². The van der Waals surface area contributed by atoms with Gasteiger partial charge in [0.1, 0.15) is 0 Å². The number of hydrogen-bond donors (Lipinski definition) is 0. The van der Waals surface area contributed by atoms with Crippen molar-refractivity contribution in [3.05, 3.63) is 90.3 Å². The summed E-state index contributed by atoms with van der Waals surface area (Å²) in [7, 11) is 2.21. The number of aromatic nitrogens is 3. The SMILES string of the molecule is CC(CN(C)CCN(CC(C)c1ccccn1)CC(C)c1ccccn1)c1ccccn1. The highest BCUT2D eigenvalue weighted by Gasteiger charge is 2.18. The van der Waals surface area contributed by atoms with Crippen LogP contribution in [-0.2, 0) is 0 Å². The normalized spacial score (nSPS) is 14.4. The van der Waals surface area contributed by atoms with Crippen molar-refractivity contribution in [1.82, 2.24) is 24.8 Å². The van der Waals surface area contributed by atoms with Crippen LogP contribution in [0.3, 0.4) is 0 Å². The molecule has 3 aromatic rings. The van der Waals surface area contributed by atoms with Crippen LogP contribution >= 0.6 is 0 Å². The van der Waals surface area contributed by atoms with Gasteiger partial charge >= 0.3 is 0 Å². The highest BCUT2D eigenvalue weighted by atomic mass is 15.2. The molecule has 3 atom stereocenters. The highest BCUT2D eigenvalue weighted by molar-refractivity contribution is 5.11. The molecule has 0 amide bonds. The van der Waals surface area contributed by atoms with E-state index in [4.69, 9.17) is 0 Å². The molecule has 0 saturated carbocycles. The first-order valence-corrected chi connectivity index (χ1v) is 11.7. The van der Waals surface area contributed by atoms with Gasteiger partial charge in [0, 0.05) is 86.1 Å². The Hall–Kier alpha value is -2.63. The van der Waals surface area contributed by atoms with E-state index in [2.05, 4.69) is 89.0 Å². The molecule has 0 bridgehead atoms. The summed E-state index contributed by atoms with van der Waals surface area (Å²) >= 11 is 0. The molecular formula is C27H37N5. The van der Waals surface area contributed by atoms with Gasteiger partial charge in [-0.3, -0.25) is 15.0 Å². The van der Waals surface area contributed by atoms with Crippen molar-refractivity contribution in [2.75, 3.05) is 39.8 Å². The largest absolute Gasteiger partial charge is 0.304 e. The molecule has 0 N–H and O–H groups in total. The standard InChI is InChI=1S/C27H37N5/c1-22(25-11-5-8-14-28-25)19-31(4)17-18-32(20-23(2)26-12-6-9-15-29-26)21-24(3)27-13-7-10-16-30-27/h5-16,22-24H,17-21H2,1-4H3. The summed E-state index contributed by atoms with van der Waals surface area (Å²) in [5.74, 6) is 1.17. The van der Waals surface area contributed by atoms with E-state index >= 15 is 0 Å². The zero-order valence-electron chi connectivity index (χ0n) is 19.9. The maximum atomic E-state index is 4.58. The van der Waals surface area contributed by atoms with E-state index in [0.29, 0.717) is 17.8 Å². The minimum absolute atomic E-state index is 0.380. The molecule has 3 heterocycles. The van der Waals surface area contributed by atoms with Gasteiger partial charge in [-0.15, -0.1) is 0 Å². The Labute approximate surface area is 193 Å². The number of nitrogens with zero attached hydrogens (tertiary/aromatic N) is 5. The number of rotatable bonds is 12. The van der Waals surface area contributed by atoms with Crippen molar-refractivity contribution in [3.63, 3.8) is 0 Å². The van der Waals surface area contributed by atoms with Crippen molar-refractivity contribution in [3.8, 4) is 0 Å². The molecule has 5 nitrogen and oxygen atoms in total. The van der Waals surface area contributed by atoms with E-state index in [0.717, 1.165) is 49.8 Å². The maximum absolute atomic E-state index is 4.58. The number of pyridine rings is 3.